The van der Waals surface area contributed by atoms with Crippen molar-refractivity contribution < 1.29 is 38.8 Å². The summed E-state index contributed by atoms with van der Waals surface area (Å²) in [6, 6.07) is 19.7. The highest BCUT2D eigenvalue weighted by atomic mass is 16.4. The third-order valence-electron chi connectivity index (χ3n) is 6.92. The summed E-state index contributed by atoms with van der Waals surface area (Å²) in [6.07, 6.45) is 8.08. The summed E-state index contributed by atoms with van der Waals surface area (Å²) >= 11 is 0. The summed E-state index contributed by atoms with van der Waals surface area (Å²) < 4.78 is 3.85. The normalized spacial score (nSPS) is 10.7. The Kier molecular flexibility index (Phi) is 11.2. The van der Waals surface area contributed by atoms with Crippen molar-refractivity contribution in [3.63, 3.8) is 0 Å². The van der Waals surface area contributed by atoms with Gasteiger partial charge in [-0.2, -0.15) is 4.57 Å². The first-order valence-corrected chi connectivity index (χ1v) is 14.2. The lowest BCUT2D eigenvalue weighted by Crippen LogP contribution is -2.38. The number of benzene rings is 2. The van der Waals surface area contributed by atoms with Crippen LogP contribution in [0.4, 0.5) is 0 Å². The van der Waals surface area contributed by atoms with Crippen LogP contribution in [0.3, 0.4) is 0 Å². The molecule has 4 aromatic rings. The second-order valence-electron chi connectivity index (χ2n) is 10.6. The van der Waals surface area contributed by atoms with Crippen molar-refractivity contribution in [2.24, 2.45) is 0 Å². The lowest BCUT2D eigenvalue weighted by molar-refractivity contribution is -0.689. The molecule has 0 bridgehead atoms. The van der Waals surface area contributed by atoms with Gasteiger partial charge in [-0.25, -0.2) is 4.57 Å². The fourth-order valence-electron chi connectivity index (χ4n) is 4.67. The van der Waals surface area contributed by atoms with Crippen LogP contribution in [0.5, 0.6) is 0 Å². The molecule has 0 aliphatic rings. The Morgan fingerprint density at radius 1 is 0.750 bits per heavy atom. The molecule has 0 saturated heterocycles. The summed E-state index contributed by atoms with van der Waals surface area (Å²) in [5, 5.41) is 44.0. The maximum absolute atomic E-state index is 13.2. The molecule has 4 rings (SSSR count). The predicted molar refractivity (Wildman–Crippen MR) is 168 cm³/mol. The highest BCUT2D eigenvalue weighted by molar-refractivity contribution is 6.58. The van der Waals surface area contributed by atoms with Crippen LogP contribution in [0.1, 0.15) is 34.8 Å². The van der Waals surface area contributed by atoms with Crippen LogP contribution in [-0.4, -0.2) is 59.2 Å². The van der Waals surface area contributed by atoms with Gasteiger partial charge in [-0.15, -0.1) is 0 Å². The molecule has 0 fully saturated rings. The molecule has 12 heteroatoms. The molecule has 0 saturated carbocycles. The average Bonchev–Trinajstić information content (AvgIpc) is 3.00. The number of nitrogens with one attached hydrogen (secondary N) is 2. The van der Waals surface area contributed by atoms with E-state index in [1.165, 1.54) is 0 Å². The van der Waals surface area contributed by atoms with E-state index >= 15 is 0 Å². The second kappa shape index (κ2) is 15.2. The highest BCUT2D eigenvalue weighted by Crippen LogP contribution is 2.18. The number of rotatable bonds is 13. The number of aromatic nitrogens is 2. The zero-order valence-corrected chi connectivity index (χ0v) is 24.6. The number of nitrogens with zero attached hydrogens (tertiary/aromatic N) is 2. The van der Waals surface area contributed by atoms with Gasteiger partial charge in [-0.1, -0.05) is 55.1 Å². The van der Waals surface area contributed by atoms with Gasteiger partial charge in [0.05, 0.1) is 11.1 Å². The molecule has 2 heterocycles. The number of hydrogen-bond donors (Lipinski definition) is 6. The third-order valence-corrected chi connectivity index (χ3v) is 6.92. The van der Waals surface area contributed by atoms with Crippen LogP contribution in [0, 0.1) is 0 Å². The summed E-state index contributed by atoms with van der Waals surface area (Å²) in [5.74, 6) is -0.490. The predicted octanol–water partition coefficient (Wildman–Crippen LogP) is -0.803. The molecule has 0 spiro atoms. The van der Waals surface area contributed by atoms with E-state index in [1.54, 1.807) is 49.5 Å². The van der Waals surface area contributed by atoms with Crippen molar-refractivity contribution in [3.8, 4) is 11.1 Å². The minimum absolute atomic E-state index is 0.221. The SMILES string of the molecule is C=C(C)C(=O)NCCCNC(=O)c1cc(-c2ccc[n+](Cc3cccc(B(O)O)c3)c2)c[n+](Cc2cccc(B(O)O)c2)c1. The fourth-order valence-corrected chi connectivity index (χ4v) is 4.67. The summed E-state index contributed by atoms with van der Waals surface area (Å²) in [7, 11) is -3.14. The quantitative estimate of drug-likeness (QED) is 0.0518. The third kappa shape index (κ3) is 9.19. The van der Waals surface area contributed by atoms with Gasteiger partial charge in [0.1, 0.15) is 5.56 Å². The van der Waals surface area contributed by atoms with Gasteiger partial charge >= 0.3 is 14.2 Å². The van der Waals surface area contributed by atoms with E-state index in [-0.39, 0.29) is 11.8 Å². The van der Waals surface area contributed by atoms with Gasteiger partial charge < -0.3 is 30.7 Å². The summed E-state index contributed by atoms with van der Waals surface area (Å²) in [4.78, 5) is 24.9. The van der Waals surface area contributed by atoms with E-state index in [0.29, 0.717) is 54.7 Å². The van der Waals surface area contributed by atoms with Crippen LogP contribution >= 0.6 is 0 Å². The van der Waals surface area contributed by atoms with Crippen LogP contribution in [-0.2, 0) is 17.9 Å². The van der Waals surface area contributed by atoms with Gasteiger partial charge in [0.2, 0.25) is 5.91 Å². The molecular formula is C32H36B2N4O6+2. The molecule has 0 atom stereocenters. The molecule has 224 valence electrons. The summed E-state index contributed by atoms with van der Waals surface area (Å²) in [5.41, 5.74) is 5.02. The van der Waals surface area contributed by atoms with E-state index in [4.69, 9.17) is 0 Å². The number of hydrogen-bond acceptors (Lipinski definition) is 6. The van der Waals surface area contributed by atoms with Crippen LogP contribution < -0.4 is 30.7 Å². The number of carbonyl (C=O) groups is 2. The standard InChI is InChI=1S/C32H34B2N4O6/c1-23(2)31(39)35-12-6-13-36-32(40)28-17-27(21-38(22-28)19-25-8-4-11-30(16-25)34(43)44)26-9-5-14-37(20-26)18-24-7-3-10-29(15-24)33(41)42/h3-5,7-11,14-17,20-22,41-44H,1,6,12-13,18-19H2,2H3/p+2. The molecule has 2 amide bonds. The monoisotopic (exact) mass is 594 g/mol. The number of carbonyl (C=O) groups excluding carboxylic acids is 2. The Hall–Kier alpha value is -4.61. The maximum atomic E-state index is 13.2. The lowest BCUT2D eigenvalue weighted by Gasteiger charge is -2.09. The van der Waals surface area contributed by atoms with E-state index in [1.807, 2.05) is 58.1 Å². The Balaban J connectivity index is 1.59. The molecule has 0 aliphatic heterocycles. The molecule has 0 unspecified atom stereocenters. The van der Waals surface area contributed by atoms with Crippen molar-refractivity contribution in [2.45, 2.75) is 26.4 Å². The number of amides is 2. The minimum Gasteiger partial charge on any atom is -0.423 e. The van der Waals surface area contributed by atoms with Gasteiger partial charge in [0.15, 0.2) is 37.9 Å². The molecule has 44 heavy (non-hydrogen) atoms. The van der Waals surface area contributed by atoms with Crippen LogP contribution in [0.15, 0.2) is 104 Å². The second-order valence-corrected chi connectivity index (χ2v) is 10.6. The van der Waals surface area contributed by atoms with E-state index in [0.717, 1.165) is 22.3 Å². The molecule has 2 aromatic carbocycles. The Morgan fingerprint density at radius 2 is 1.34 bits per heavy atom. The van der Waals surface area contributed by atoms with Crippen molar-refractivity contribution in [3.05, 3.63) is 120 Å². The van der Waals surface area contributed by atoms with E-state index < -0.39 is 14.2 Å². The van der Waals surface area contributed by atoms with Crippen molar-refractivity contribution in [1.82, 2.24) is 10.6 Å². The van der Waals surface area contributed by atoms with E-state index in [2.05, 4.69) is 17.2 Å². The fraction of sp³-hybridized carbons (Fsp3) is 0.188. The maximum Gasteiger partial charge on any atom is 0.488 e. The zero-order valence-electron chi connectivity index (χ0n) is 24.6. The Bertz CT molecular complexity index is 1650. The largest absolute Gasteiger partial charge is 0.488 e. The summed E-state index contributed by atoms with van der Waals surface area (Å²) in [6.45, 7) is 6.89. The number of pyridine rings is 2. The van der Waals surface area contributed by atoms with Gasteiger partial charge in [0, 0.05) is 35.9 Å². The molecule has 10 nitrogen and oxygen atoms in total. The zero-order chi connectivity index (χ0) is 31.6. The average molecular weight is 594 g/mol. The first kappa shape index (κ1) is 32.3. The van der Waals surface area contributed by atoms with Gasteiger partial charge in [-0.05, 0) is 36.4 Å². The van der Waals surface area contributed by atoms with E-state index in [9.17, 15) is 29.7 Å². The first-order chi connectivity index (χ1) is 21.1. The first-order valence-electron chi connectivity index (χ1n) is 14.2. The smallest absolute Gasteiger partial charge is 0.423 e. The van der Waals surface area contributed by atoms with Gasteiger partial charge in [0.25, 0.3) is 5.91 Å². The molecule has 2 aromatic heterocycles. The van der Waals surface area contributed by atoms with Crippen LogP contribution in [0.25, 0.3) is 11.1 Å². The highest BCUT2D eigenvalue weighted by Gasteiger charge is 2.19. The molecule has 6 N–H and O–H groups in total. The topological polar surface area (TPSA) is 147 Å². The molecule has 0 aliphatic carbocycles. The Labute approximate surface area is 257 Å². The molecular weight excluding hydrogens is 558 g/mol. The van der Waals surface area contributed by atoms with Gasteiger partial charge in [-0.3, -0.25) is 9.59 Å². The minimum atomic E-state index is -1.59. The lowest BCUT2D eigenvalue weighted by atomic mass is 9.79. The van der Waals surface area contributed by atoms with Crippen molar-refractivity contribution >= 4 is 37.0 Å². The Morgan fingerprint density at radius 3 is 1.95 bits per heavy atom. The van der Waals surface area contributed by atoms with Crippen LogP contribution in [0.2, 0.25) is 0 Å². The van der Waals surface area contributed by atoms with Crippen molar-refractivity contribution in [1.29, 1.82) is 0 Å². The van der Waals surface area contributed by atoms with Crippen molar-refractivity contribution in [2.75, 3.05) is 13.1 Å². The molecule has 0 radical (unpaired) electrons.